The summed E-state index contributed by atoms with van der Waals surface area (Å²) < 4.78 is 7.21. The van der Waals surface area contributed by atoms with Crippen molar-refractivity contribution in [3.63, 3.8) is 0 Å². The van der Waals surface area contributed by atoms with Gasteiger partial charge in [-0.25, -0.2) is 9.36 Å². The normalized spacial score (nSPS) is 10.8. The Morgan fingerprint density at radius 2 is 1.50 bits per heavy atom. The van der Waals surface area contributed by atoms with E-state index in [1.165, 1.54) is 0 Å². The summed E-state index contributed by atoms with van der Waals surface area (Å²) in [4.78, 5) is 10.9. The molecule has 0 unspecified atom stereocenters. The van der Waals surface area contributed by atoms with E-state index in [0.29, 0.717) is 12.1 Å². The summed E-state index contributed by atoms with van der Waals surface area (Å²) in [6.07, 6.45) is 8.15. The molecule has 4 nitrogen and oxygen atoms in total. The lowest BCUT2D eigenvalue weighted by molar-refractivity contribution is -0.688. The van der Waals surface area contributed by atoms with Crippen LogP contribution in [0.15, 0.2) is 73.1 Å². The van der Waals surface area contributed by atoms with Crippen molar-refractivity contribution in [1.82, 2.24) is 0 Å². The van der Waals surface area contributed by atoms with Gasteiger partial charge in [0.05, 0.1) is 12.7 Å². The molecule has 0 bridgehead atoms. The molecule has 4 heteroatoms. The molecule has 0 saturated heterocycles. The number of ether oxygens (including phenoxy) is 1. The number of pyridine rings is 1. The molecule has 26 heavy (non-hydrogen) atoms. The van der Waals surface area contributed by atoms with Crippen molar-refractivity contribution in [2.75, 3.05) is 7.11 Å². The van der Waals surface area contributed by atoms with Gasteiger partial charge < -0.3 is 9.84 Å². The number of hydrogen-bond acceptors (Lipinski definition) is 2. The minimum Gasteiger partial charge on any atom is -0.497 e. The lowest BCUT2D eigenvalue weighted by atomic mass is 10.1. The van der Waals surface area contributed by atoms with Gasteiger partial charge in [0.2, 0.25) is 0 Å². The highest BCUT2D eigenvalue weighted by Crippen LogP contribution is 2.13. The van der Waals surface area contributed by atoms with Crippen LogP contribution in [0.2, 0.25) is 0 Å². The number of benzene rings is 2. The van der Waals surface area contributed by atoms with Crippen molar-refractivity contribution in [3.05, 3.63) is 95.3 Å². The van der Waals surface area contributed by atoms with Crippen LogP contribution in [0.1, 0.15) is 27.0 Å². The second-order valence-corrected chi connectivity index (χ2v) is 5.91. The Kier molecular flexibility index (Phi) is 5.44. The van der Waals surface area contributed by atoms with Gasteiger partial charge in [0.25, 0.3) is 0 Å². The van der Waals surface area contributed by atoms with E-state index in [2.05, 4.69) is 16.7 Å². The third-order valence-electron chi connectivity index (χ3n) is 4.07. The minimum absolute atomic E-state index is 0.303. The minimum atomic E-state index is -0.905. The van der Waals surface area contributed by atoms with Gasteiger partial charge in [0.15, 0.2) is 18.9 Å². The topological polar surface area (TPSA) is 50.4 Å². The molecule has 0 amide bonds. The summed E-state index contributed by atoms with van der Waals surface area (Å²) in [5, 5.41) is 8.94. The van der Waals surface area contributed by atoms with Crippen LogP contribution >= 0.6 is 0 Å². The van der Waals surface area contributed by atoms with Crippen molar-refractivity contribution < 1.29 is 19.2 Å². The summed E-state index contributed by atoms with van der Waals surface area (Å²) in [5.74, 6) is -0.0588. The standard InChI is InChI=1S/C22H19NO3/c1-26-21-10-6-17(7-11-21)2-3-18-12-14-23(15-13-18)16-19-4-8-20(9-5-19)22(24)25/h2-15H,16H2,1H3/p+1/b3-2-. The zero-order valence-corrected chi connectivity index (χ0v) is 14.5. The van der Waals surface area contributed by atoms with E-state index >= 15 is 0 Å². The number of nitrogens with zero attached hydrogens (tertiary/aromatic N) is 1. The number of rotatable bonds is 6. The number of methoxy groups -OCH3 is 1. The molecule has 0 saturated carbocycles. The van der Waals surface area contributed by atoms with E-state index in [0.717, 1.165) is 22.4 Å². The molecular formula is C22H20NO3+. The third kappa shape index (κ3) is 4.57. The highest BCUT2D eigenvalue weighted by Gasteiger charge is 2.05. The van der Waals surface area contributed by atoms with Gasteiger partial charge in [-0.05, 0) is 35.4 Å². The SMILES string of the molecule is COc1ccc(/C=C\c2cc[n+](Cc3ccc(C(=O)O)cc3)cc2)cc1. The summed E-state index contributed by atoms with van der Waals surface area (Å²) in [6.45, 7) is 0.697. The van der Waals surface area contributed by atoms with Gasteiger partial charge in [-0.1, -0.05) is 36.4 Å². The molecule has 1 N–H and O–H groups in total. The summed E-state index contributed by atoms with van der Waals surface area (Å²) in [5.41, 5.74) is 3.58. The molecule has 0 fully saturated rings. The number of carbonyl (C=O) groups is 1. The lowest BCUT2D eigenvalue weighted by Crippen LogP contribution is -2.33. The summed E-state index contributed by atoms with van der Waals surface area (Å²) in [7, 11) is 1.66. The fraction of sp³-hybridized carbons (Fsp3) is 0.0909. The average molecular weight is 346 g/mol. The summed E-state index contributed by atoms with van der Waals surface area (Å²) in [6, 6.07) is 18.9. The number of aromatic nitrogens is 1. The van der Waals surface area contributed by atoms with Gasteiger partial charge in [-0.3, -0.25) is 0 Å². The van der Waals surface area contributed by atoms with Crippen LogP contribution in [0.5, 0.6) is 5.75 Å². The second-order valence-electron chi connectivity index (χ2n) is 5.91. The Morgan fingerprint density at radius 3 is 2.04 bits per heavy atom. The van der Waals surface area contributed by atoms with Crippen LogP contribution in [0.25, 0.3) is 12.2 Å². The largest absolute Gasteiger partial charge is 0.497 e. The first-order valence-corrected chi connectivity index (χ1v) is 8.27. The van der Waals surface area contributed by atoms with Gasteiger partial charge in [0.1, 0.15) is 5.75 Å². The Hall–Kier alpha value is -3.40. The predicted molar refractivity (Wildman–Crippen MR) is 101 cm³/mol. The van der Waals surface area contributed by atoms with Crippen molar-refractivity contribution in [2.45, 2.75) is 6.54 Å². The number of aromatic carboxylic acids is 1. The van der Waals surface area contributed by atoms with Gasteiger partial charge in [-0.2, -0.15) is 0 Å². The first kappa shape index (κ1) is 17.4. The maximum Gasteiger partial charge on any atom is 0.335 e. The Labute approximate surface area is 152 Å². The van der Waals surface area contributed by atoms with Crippen LogP contribution in [-0.4, -0.2) is 18.2 Å². The number of hydrogen-bond donors (Lipinski definition) is 1. The quantitative estimate of drug-likeness (QED) is 0.689. The van der Waals surface area contributed by atoms with Gasteiger partial charge >= 0.3 is 5.97 Å². The molecule has 130 valence electrons. The average Bonchev–Trinajstić information content (AvgIpc) is 2.68. The molecule has 1 heterocycles. The molecule has 0 aliphatic rings. The van der Waals surface area contributed by atoms with E-state index in [-0.39, 0.29) is 0 Å². The first-order valence-electron chi connectivity index (χ1n) is 8.27. The Bertz CT molecular complexity index is 896. The smallest absolute Gasteiger partial charge is 0.335 e. The van der Waals surface area contributed by atoms with Gasteiger partial charge in [-0.15, -0.1) is 0 Å². The molecular weight excluding hydrogens is 326 g/mol. The molecule has 0 atom stereocenters. The summed E-state index contributed by atoms with van der Waals surface area (Å²) >= 11 is 0. The van der Waals surface area contributed by atoms with Crippen LogP contribution in [0, 0.1) is 0 Å². The van der Waals surface area contributed by atoms with E-state index in [1.807, 2.05) is 60.9 Å². The maximum atomic E-state index is 10.9. The zero-order chi connectivity index (χ0) is 18.4. The molecule has 0 aliphatic carbocycles. The zero-order valence-electron chi connectivity index (χ0n) is 14.5. The highest BCUT2D eigenvalue weighted by molar-refractivity contribution is 5.87. The molecule has 2 aromatic carbocycles. The lowest BCUT2D eigenvalue weighted by Gasteiger charge is -2.00. The molecule has 1 aromatic heterocycles. The van der Waals surface area contributed by atoms with Crippen molar-refractivity contribution in [1.29, 1.82) is 0 Å². The number of carboxylic acids is 1. The molecule has 3 aromatic rings. The highest BCUT2D eigenvalue weighted by atomic mass is 16.5. The molecule has 3 rings (SSSR count). The van der Waals surface area contributed by atoms with Crippen molar-refractivity contribution in [2.24, 2.45) is 0 Å². The monoisotopic (exact) mass is 346 g/mol. The van der Waals surface area contributed by atoms with E-state index in [4.69, 9.17) is 9.84 Å². The fourth-order valence-electron chi connectivity index (χ4n) is 2.56. The van der Waals surface area contributed by atoms with Crippen LogP contribution in [-0.2, 0) is 6.54 Å². The van der Waals surface area contributed by atoms with Crippen LogP contribution < -0.4 is 9.30 Å². The maximum absolute atomic E-state index is 10.9. The van der Waals surface area contributed by atoms with E-state index in [9.17, 15) is 4.79 Å². The van der Waals surface area contributed by atoms with Crippen molar-refractivity contribution >= 4 is 18.1 Å². The Balaban J connectivity index is 1.64. The molecule has 0 aliphatic heterocycles. The molecule has 0 spiro atoms. The van der Waals surface area contributed by atoms with E-state index in [1.54, 1.807) is 19.2 Å². The van der Waals surface area contributed by atoms with Gasteiger partial charge in [0, 0.05) is 17.7 Å². The van der Waals surface area contributed by atoms with Crippen LogP contribution in [0.4, 0.5) is 0 Å². The van der Waals surface area contributed by atoms with Crippen LogP contribution in [0.3, 0.4) is 0 Å². The Morgan fingerprint density at radius 1 is 0.923 bits per heavy atom. The van der Waals surface area contributed by atoms with Crippen molar-refractivity contribution in [3.8, 4) is 5.75 Å². The molecule has 0 radical (unpaired) electrons. The fourth-order valence-corrected chi connectivity index (χ4v) is 2.56. The number of carboxylic acid groups (broad SMARTS) is 1. The third-order valence-corrected chi connectivity index (χ3v) is 4.07. The van der Waals surface area contributed by atoms with E-state index < -0.39 is 5.97 Å². The predicted octanol–water partition coefficient (Wildman–Crippen LogP) is 3.90. The first-order chi connectivity index (χ1) is 12.6. The second kappa shape index (κ2) is 8.12.